The van der Waals surface area contributed by atoms with Gasteiger partial charge in [0.05, 0.1) is 16.6 Å². The lowest BCUT2D eigenvalue weighted by atomic mass is 9.40. The first kappa shape index (κ1) is 29.2. The van der Waals surface area contributed by atoms with Crippen molar-refractivity contribution in [1.29, 1.82) is 0 Å². The lowest BCUT2D eigenvalue weighted by Crippen LogP contribution is -2.66. The molecule has 6 heteroatoms. The first-order valence-electron chi connectivity index (χ1n) is 13.8. The number of hydrogen-bond donors (Lipinski definition) is 2. The highest BCUT2D eigenvalue weighted by molar-refractivity contribution is 6.35. The fraction of sp³-hybridized carbons (Fsp3) is 0.545. The molecule has 1 aromatic carbocycles. The summed E-state index contributed by atoms with van der Waals surface area (Å²) in [6.07, 6.45) is 5.39. The fourth-order valence-corrected chi connectivity index (χ4v) is 6.63. The van der Waals surface area contributed by atoms with Crippen LogP contribution < -0.4 is 0 Å². The van der Waals surface area contributed by atoms with Crippen molar-refractivity contribution in [2.45, 2.75) is 92.0 Å². The summed E-state index contributed by atoms with van der Waals surface area (Å²) < 4.78 is 6.31. The average molecular weight is 535 g/mol. The van der Waals surface area contributed by atoms with Crippen molar-refractivity contribution in [2.24, 2.45) is 22.2 Å². The number of hydrogen-bond acceptors (Lipinski definition) is 6. The minimum atomic E-state index is -1.53. The van der Waals surface area contributed by atoms with Crippen molar-refractivity contribution >= 4 is 17.3 Å². The van der Waals surface area contributed by atoms with Crippen LogP contribution in [0, 0.1) is 22.2 Å². The molecule has 1 aliphatic heterocycles. The summed E-state index contributed by atoms with van der Waals surface area (Å²) in [4.78, 5) is 43.8. The van der Waals surface area contributed by atoms with Crippen molar-refractivity contribution < 1.29 is 29.3 Å². The number of benzene rings is 1. The molecule has 0 radical (unpaired) electrons. The molecular weight excluding hydrogens is 492 g/mol. The van der Waals surface area contributed by atoms with E-state index in [9.17, 15) is 24.6 Å². The smallest absolute Gasteiger partial charge is 0.200 e. The molecule has 2 aliphatic carbocycles. The monoisotopic (exact) mass is 534 g/mol. The van der Waals surface area contributed by atoms with Gasteiger partial charge in [0.25, 0.3) is 0 Å². The normalized spacial score (nSPS) is 30.3. The lowest BCUT2D eigenvalue weighted by Gasteiger charge is -2.58. The van der Waals surface area contributed by atoms with Gasteiger partial charge in [0.1, 0.15) is 22.9 Å². The summed E-state index contributed by atoms with van der Waals surface area (Å²) in [7, 11) is 0. The van der Waals surface area contributed by atoms with Crippen molar-refractivity contribution in [3.8, 4) is 0 Å². The molecule has 39 heavy (non-hydrogen) atoms. The standard InChI is InChI=1S/C33H42O6/c1-20(2)14-17-33-26(35)24(25(34)21-12-10-9-11-13-21)27-32(28(33)36,19-23(39-27)31(7,8)38)18-22(30(33,5)6)15-16-29(3,4)37/h9-16,22-23,37-38H,17-19H2,1-8H3/b16-15+/t22-,23+,32-,33-/m0/s1. The van der Waals surface area contributed by atoms with Crippen LogP contribution in [0.15, 0.2) is 65.5 Å². The van der Waals surface area contributed by atoms with E-state index in [1.54, 1.807) is 64.1 Å². The molecule has 3 aliphatic rings. The van der Waals surface area contributed by atoms with Crippen LogP contribution in [0.3, 0.4) is 0 Å². The van der Waals surface area contributed by atoms with Crippen molar-refractivity contribution in [2.75, 3.05) is 0 Å². The molecule has 2 bridgehead atoms. The average Bonchev–Trinajstić information content (AvgIpc) is 3.21. The third-order valence-corrected chi connectivity index (χ3v) is 9.09. The van der Waals surface area contributed by atoms with Crippen LogP contribution in [-0.4, -0.2) is 44.9 Å². The van der Waals surface area contributed by atoms with Crippen LogP contribution in [0.2, 0.25) is 0 Å². The molecule has 0 aromatic heterocycles. The Balaban J connectivity index is 2.07. The number of aliphatic hydroxyl groups is 2. The highest BCUT2D eigenvalue weighted by Gasteiger charge is 2.75. The van der Waals surface area contributed by atoms with Gasteiger partial charge >= 0.3 is 0 Å². The summed E-state index contributed by atoms with van der Waals surface area (Å²) in [5.74, 6) is -1.41. The zero-order valence-electron chi connectivity index (χ0n) is 24.4. The van der Waals surface area contributed by atoms with Gasteiger partial charge in [-0.3, -0.25) is 14.4 Å². The zero-order chi connectivity index (χ0) is 29.2. The molecular formula is C33H42O6. The number of ether oxygens (including phenoxy) is 1. The van der Waals surface area contributed by atoms with Gasteiger partial charge in [0.2, 0.25) is 0 Å². The first-order valence-corrected chi connectivity index (χ1v) is 13.8. The first-order chi connectivity index (χ1) is 17.9. The third-order valence-electron chi connectivity index (χ3n) is 9.09. The van der Waals surface area contributed by atoms with Gasteiger partial charge in [0, 0.05) is 12.0 Å². The zero-order valence-corrected chi connectivity index (χ0v) is 24.4. The van der Waals surface area contributed by atoms with E-state index >= 15 is 0 Å². The Morgan fingerprint density at radius 2 is 1.67 bits per heavy atom. The Morgan fingerprint density at radius 3 is 2.21 bits per heavy atom. The summed E-state index contributed by atoms with van der Waals surface area (Å²) in [5, 5.41) is 21.5. The van der Waals surface area contributed by atoms with Gasteiger partial charge in [0.15, 0.2) is 17.3 Å². The van der Waals surface area contributed by atoms with Crippen LogP contribution in [0.1, 0.15) is 85.0 Å². The summed E-state index contributed by atoms with van der Waals surface area (Å²) in [5.41, 5.74) is -4.83. The number of ketones is 3. The summed E-state index contributed by atoms with van der Waals surface area (Å²) in [6, 6.07) is 8.60. The van der Waals surface area contributed by atoms with Crippen molar-refractivity contribution in [1.82, 2.24) is 0 Å². The minimum Gasteiger partial charge on any atom is -0.490 e. The molecule has 210 valence electrons. The highest BCUT2D eigenvalue weighted by Crippen LogP contribution is 2.68. The predicted octanol–water partition coefficient (Wildman–Crippen LogP) is 5.54. The van der Waals surface area contributed by atoms with Crippen LogP contribution in [0.5, 0.6) is 0 Å². The predicted molar refractivity (Wildman–Crippen MR) is 150 cm³/mol. The maximum absolute atomic E-state index is 14.9. The van der Waals surface area contributed by atoms with Gasteiger partial charge in [-0.25, -0.2) is 0 Å². The minimum absolute atomic E-state index is 0.0762. The van der Waals surface area contributed by atoms with E-state index in [-0.39, 0.29) is 35.9 Å². The maximum atomic E-state index is 14.9. The quantitative estimate of drug-likeness (QED) is 0.206. The Hall–Kier alpha value is -2.83. The van der Waals surface area contributed by atoms with Crippen LogP contribution in [0.4, 0.5) is 0 Å². The Kier molecular flexibility index (Phi) is 7.01. The molecule has 1 saturated carbocycles. The molecule has 6 nitrogen and oxygen atoms in total. The number of fused-ring (bicyclic) bond motifs is 1. The molecule has 0 unspecified atom stereocenters. The number of carbonyl (C=O) groups is 3. The Labute approximate surface area is 231 Å². The van der Waals surface area contributed by atoms with Crippen molar-refractivity contribution in [3.05, 3.63) is 71.0 Å². The SMILES string of the molecule is CC(C)=CC[C@@]12C(=O)C(C(=O)c3ccccc3)=C3O[C@@H](C(C)(C)O)C[C@]3(C[C@H](/C=C/C(C)(C)O)C1(C)C)C2=O. The highest BCUT2D eigenvalue weighted by atomic mass is 16.5. The van der Waals surface area contributed by atoms with E-state index in [0.717, 1.165) is 5.57 Å². The van der Waals surface area contributed by atoms with Gasteiger partial charge < -0.3 is 14.9 Å². The largest absolute Gasteiger partial charge is 0.490 e. The van der Waals surface area contributed by atoms with Crippen LogP contribution >= 0.6 is 0 Å². The topological polar surface area (TPSA) is 101 Å². The maximum Gasteiger partial charge on any atom is 0.200 e. The second-order valence-electron chi connectivity index (χ2n) is 13.5. The molecule has 4 atom stereocenters. The van der Waals surface area contributed by atoms with E-state index in [2.05, 4.69) is 0 Å². The van der Waals surface area contributed by atoms with E-state index in [4.69, 9.17) is 4.74 Å². The molecule has 1 spiro atoms. The molecule has 2 N–H and O–H groups in total. The van der Waals surface area contributed by atoms with E-state index in [1.807, 2.05) is 39.8 Å². The molecule has 2 fully saturated rings. The van der Waals surface area contributed by atoms with Crippen LogP contribution in [0.25, 0.3) is 0 Å². The number of allylic oxidation sites excluding steroid dienone is 5. The molecule has 4 rings (SSSR count). The molecule has 0 amide bonds. The van der Waals surface area contributed by atoms with Gasteiger partial charge in [-0.15, -0.1) is 0 Å². The Bertz CT molecular complexity index is 1280. The van der Waals surface area contributed by atoms with Crippen molar-refractivity contribution in [3.63, 3.8) is 0 Å². The molecule has 1 heterocycles. The van der Waals surface area contributed by atoms with E-state index < -0.39 is 45.1 Å². The molecule has 1 saturated heterocycles. The third kappa shape index (κ3) is 4.55. The Morgan fingerprint density at radius 1 is 1.05 bits per heavy atom. The second kappa shape index (κ2) is 9.38. The number of rotatable bonds is 7. The summed E-state index contributed by atoms with van der Waals surface area (Å²) >= 11 is 0. The van der Waals surface area contributed by atoms with Gasteiger partial charge in [-0.05, 0) is 65.7 Å². The van der Waals surface area contributed by atoms with Crippen LogP contribution in [-0.2, 0) is 14.3 Å². The summed E-state index contributed by atoms with van der Waals surface area (Å²) in [6.45, 7) is 14.3. The lowest BCUT2D eigenvalue weighted by molar-refractivity contribution is -0.166. The van der Waals surface area contributed by atoms with Gasteiger partial charge in [-0.2, -0.15) is 0 Å². The fourth-order valence-electron chi connectivity index (χ4n) is 6.63. The van der Waals surface area contributed by atoms with E-state index in [0.29, 0.717) is 12.0 Å². The van der Waals surface area contributed by atoms with Gasteiger partial charge in [-0.1, -0.05) is 68.0 Å². The van der Waals surface area contributed by atoms with E-state index in [1.165, 1.54) is 0 Å². The molecule has 1 aromatic rings. The number of Topliss-reactive ketones (excluding diaryl/α,β-unsaturated/α-hetero) is 3. The number of carbonyl (C=O) groups excluding carboxylic acids is 3. The second-order valence-corrected chi connectivity index (χ2v) is 13.5.